The lowest BCUT2D eigenvalue weighted by molar-refractivity contribution is -0.286. The lowest BCUT2D eigenvalue weighted by Crippen LogP contribution is -2.25. The minimum atomic E-state index is -3.59. The predicted octanol–water partition coefficient (Wildman–Crippen LogP) is 4.91. The maximum Gasteiger partial charge on any atom is 0.586 e. The van der Waals surface area contributed by atoms with Crippen LogP contribution in [0, 0.1) is 0 Å². The first-order valence-corrected chi connectivity index (χ1v) is 7.57. The summed E-state index contributed by atoms with van der Waals surface area (Å²) < 4.78 is 37.7. The van der Waals surface area contributed by atoms with E-state index < -0.39 is 6.29 Å². The fourth-order valence-electron chi connectivity index (χ4n) is 1.87. The first-order valence-electron chi connectivity index (χ1n) is 6.00. The number of hydrogen-bond donors (Lipinski definition) is 0. The molecule has 0 atom stereocenters. The average molecular weight is 374 g/mol. The molecule has 0 saturated heterocycles. The molecule has 3 rings (SSSR count). The molecule has 0 spiro atoms. The van der Waals surface area contributed by atoms with Crippen LogP contribution >= 0.6 is 27.9 Å². The van der Waals surface area contributed by atoms with Gasteiger partial charge in [0.05, 0.1) is 5.69 Å². The zero-order chi connectivity index (χ0) is 15.0. The SMILES string of the molecule is CN(Sc1cccc(Br)c1)c1ccc2c(c1)OC(F)(F)O2. The minimum absolute atomic E-state index is 0.0409. The normalized spacial score (nSPS) is 15.0. The Kier molecular flexibility index (Phi) is 3.71. The Bertz CT molecular complexity index is 684. The number of hydrogen-bond acceptors (Lipinski definition) is 4. The summed E-state index contributed by atoms with van der Waals surface area (Å²) in [5.74, 6) is 0.0868. The molecule has 1 heterocycles. The van der Waals surface area contributed by atoms with Crippen LogP contribution in [-0.4, -0.2) is 13.3 Å². The number of benzene rings is 2. The summed E-state index contributed by atoms with van der Waals surface area (Å²) in [6, 6.07) is 12.5. The van der Waals surface area contributed by atoms with Crippen LogP contribution < -0.4 is 13.8 Å². The minimum Gasteiger partial charge on any atom is -0.395 e. The Morgan fingerprint density at radius 2 is 1.86 bits per heavy atom. The number of fused-ring (bicyclic) bond motifs is 1. The molecule has 1 aliphatic rings. The molecule has 110 valence electrons. The third kappa shape index (κ3) is 3.24. The van der Waals surface area contributed by atoms with Gasteiger partial charge in [-0.25, -0.2) is 0 Å². The van der Waals surface area contributed by atoms with Gasteiger partial charge in [0.25, 0.3) is 0 Å². The fraction of sp³-hybridized carbons (Fsp3) is 0.143. The lowest BCUT2D eigenvalue weighted by atomic mass is 10.3. The van der Waals surface area contributed by atoms with E-state index in [9.17, 15) is 8.78 Å². The second kappa shape index (κ2) is 5.38. The van der Waals surface area contributed by atoms with Crippen LogP contribution in [0.2, 0.25) is 0 Å². The molecule has 0 aromatic heterocycles. The molecule has 21 heavy (non-hydrogen) atoms. The molecular formula is C14H10BrF2NO2S. The Balaban J connectivity index is 1.79. The number of ether oxygens (including phenoxy) is 2. The molecule has 0 N–H and O–H groups in total. The summed E-state index contributed by atoms with van der Waals surface area (Å²) in [4.78, 5) is 1.02. The van der Waals surface area contributed by atoms with E-state index in [0.29, 0.717) is 0 Å². The van der Waals surface area contributed by atoms with Crippen molar-refractivity contribution in [1.82, 2.24) is 0 Å². The topological polar surface area (TPSA) is 21.7 Å². The summed E-state index contributed by atoms with van der Waals surface area (Å²) in [5.41, 5.74) is 0.736. The summed E-state index contributed by atoms with van der Waals surface area (Å²) in [5, 5.41) is 0. The van der Waals surface area contributed by atoms with Gasteiger partial charge in [0, 0.05) is 22.5 Å². The molecule has 0 aliphatic carbocycles. The molecule has 3 nitrogen and oxygen atoms in total. The monoisotopic (exact) mass is 373 g/mol. The highest BCUT2D eigenvalue weighted by atomic mass is 79.9. The summed E-state index contributed by atoms with van der Waals surface area (Å²) in [7, 11) is 1.85. The van der Waals surface area contributed by atoms with Crippen molar-refractivity contribution in [3.05, 3.63) is 46.9 Å². The van der Waals surface area contributed by atoms with E-state index in [1.807, 2.05) is 35.6 Å². The zero-order valence-electron chi connectivity index (χ0n) is 10.8. The van der Waals surface area contributed by atoms with Gasteiger partial charge in [0.15, 0.2) is 11.5 Å². The molecule has 2 aromatic carbocycles. The summed E-state index contributed by atoms with van der Waals surface area (Å²) in [6.07, 6.45) is -3.59. The van der Waals surface area contributed by atoms with E-state index >= 15 is 0 Å². The molecule has 0 bridgehead atoms. The van der Waals surface area contributed by atoms with Gasteiger partial charge < -0.3 is 13.8 Å². The van der Waals surface area contributed by atoms with E-state index in [4.69, 9.17) is 0 Å². The van der Waals surface area contributed by atoms with Crippen molar-refractivity contribution in [2.75, 3.05) is 11.4 Å². The number of rotatable bonds is 3. The van der Waals surface area contributed by atoms with Crippen molar-refractivity contribution in [2.24, 2.45) is 0 Å². The smallest absolute Gasteiger partial charge is 0.395 e. The Labute approximate surface area is 133 Å². The van der Waals surface area contributed by atoms with Gasteiger partial charge in [-0.1, -0.05) is 22.0 Å². The van der Waals surface area contributed by atoms with Crippen molar-refractivity contribution < 1.29 is 18.3 Å². The Morgan fingerprint density at radius 3 is 2.62 bits per heavy atom. The standard InChI is InChI=1S/C14H10BrF2NO2S/c1-18(21-11-4-2-3-9(15)7-11)10-5-6-12-13(8-10)20-14(16,17)19-12/h2-8H,1H3. The Hall–Kier alpha value is -1.47. The molecule has 2 aromatic rings. The van der Waals surface area contributed by atoms with Crippen molar-refractivity contribution in [3.8, 4) is 11.5 Å². The van der Waals surface area contributed by atoms with Crippen LogP contribution in [0.15, 0.2) is 51.8 Å². The maximum absolute atomic E-state index is 13.0. The Morgan fingerprint density at radius 1 is 1.10 bits per heavy atom. The average Bonchev–Trinajstić information content (AvgIpc) is 2.71. The second-order valence-corrected chi connectivity index (χ2v) is 6.46. The first kappa shape index (κ1) is 14.5. The molecule has 0 fully saturated rings. The molecule has 0 saturated carbocycles. The van der Waals surface area contributed by atoms with E-state index in [0.717, 1.165) is 15.1 Å². The summed E-state index contributed by atoms with van der Waals surface area (Å²) >= 11 is 4.89. The van der Waals surface area contributed by atoms with Crippen LogP contribution in [-0.2, 0) is 0 Å². The van der Waals surface area contributed by atoms with Gasteiger partial charge in [0.1, 0.15) is 0 Å². The van der Waals surface area contributed by atoms with Crippen LogP contribution in [0.4, 0.5) is 14.5 Å². The highest BCUT2D eigenvalue weighted by molar-refractivity contribution is 9.10. The number of nitrogens with zero attached hydrogens (tertiary/aromatic N) is 1. The molecule has 0 amide bonds. The van der Waals surface area contributed by atoms with Gasteiger partial charge in [-0.05, 0) is 42.3 Å². The highest BCUT2D eigenvalue weighted by Gasteiger charge is 2.43. The van der Waals surface area contributed by atoms with Crippen molar-refractivity contribution >= 4 is 33.6 Å². The first-order chi connectivity index (χ1) is 9.93. The van der Waals surface area contributed by atoms with E-state index in [1.54, 1.807) is 6.07 Å². The third-order valence-corrected chi connectivity index (χ3v) is 4.23. The van der Waals surface area contributed by atoms with Gasteiger partial charge in [-0.2, -0.15) is 0 Å². The number of halogens is 3. The van der Waals surface area contributed by atoms with Crippen LogP contribution in [0.5, 0.6) is 11.5 Å². The summed E-state index contributed by atoms with van der Waals surface area (Å²) in [6.45, 7) is 0. The molecule has 7 heteroatoms. The maximum atomic E-state index is 13.0. The largest absolute Gasteiger partial charge is 0.586 e. The van der Waals surface area contributed by atoms with Gasteiger partial charge >= 0.3 is 6.29 Å². The van der Waals surface area contributed by atoms with Gasteiger partial charge in [-0.3, -0.25) is 0 Å². The van der Waals surface area contributed by atoms with E-state index in [-0.39, 0.29) is 11.5 Å². The number of alkyl halides is 2. The second-order valence-electron chi connectivity index (χ2n) is 4.34. The van der Waals surface area contributed by atoms with Crippen LogP contribution in [0.3, 0.4) is 0 Å². The van der Waals surface area contributed by atoms with Crippen LogP contribution in [0.1, 0.15) is 0 Å². The zero-order valence-corrected chi connectivity index (χ0v) is 13.2. The van der Waals surface area contributed by atoms with E-state index in [2.05, 4.69) is 25.4 Å². The fourth-order valence-corrected chi connectivity index (χ4v) is 3.27. The van der Waals surface area contributed by atoms with Crippen LogP contribution in [0.25, 0.3) is 0 Å². The number of anilines is 1. The molecular weight excluding hydrogens is 364 g/mol. The quantitative estimate of drug-likeness (QED) is 0.712. The van der Waals surface area contributed by atoms with Crippen molar-refractivity contribution in [1.29, 1.82) is 0 Å². The highest BCUT2D eigenvalue weighted by Crippen LogP contribution is 2.43. The third-order valence-electron chi connectivity index (χ3n) is 2.79. The molecule has 0 radical (unpaired) electrons. The molecule has 1 aliphatic heterocycles. The predicted molar refractivity (Wildman–Crippen MR) is 81.0 cm³/mol. The van der Waals surface area contributed by atoms with E-state index in [1.165, 1.54) is 24.1 Å². The molecule has 0 unspecified atom stereocenters. The van der Waals surface area contributed by atoms with Gasteiger partial charge in [0.2, 0.25) is 0 Å². The van der Waals surface area contributed by atoms with Crippen molar-refractivity contribution in [3.63, 3.8) is 0 Å². The lowest BCUT2D eigenvalue weighted by Gasteiger charge is -2.18. The van der Waals surface area contributed by atoms with Crippen molar-refractivity contribution in [2.45, 2.75) is 11.2 Å². The van der Waals surface area contributed by atoms with Gasteiger partial charge in [-0.15, -0.1) is 8.78 Å².